The van der Waals surface area contributed by atoms with Gasteiger partial charge in [0.05, 0.1) is 0 Å². The molecular weight excluding hydrogens is 309 g/mol. The van der Waals surface area contributed by atoms with Crippen molar-refractivity contribution in [2.24, 2.45) is 0 Å². The van der Waals surface area contributed by atoms with Crippen molar-refractivity contribution in [2.45, 2.75) is 13.3 Å². The SMILES string of the molecule is Cc1cccc(C(=O)NCCc2nc(-c3ccc(F)cc3)no2)c1. The van der Waals surface area contributed by atoms with Gasteiger partial charge in [-0.15, -0.1) is 0 Å². The van der Waals surface area contributed by atoms with Crippen LogP contribution >= 0.6 is 0 Å². The molecule has 0 atom stereocenters. The van der Waals surface area contributed by atoms with E-state index in [1.165, 1.54) is 12.1 Å². The topological polar surface area (TPSA) is 68.0 Å². The summed E-state index contributed by atoms with van der Waals surface area (Å²) >= 11 is 0. The van der Waals surface area contributed by atoms with Gasteiger partial charge in [-0.25, -0.2) is 4.39 Å². The summed E-state index contributed by atoms with van der Waals surface area (Å²) in [7, 11) is 0. The van der Waals surface area contributed by atoms with Gasteiger partial charge in [0.25, 0.3) is 5.91 Å². The monoisotopic (exact) mass is 325 g/mol. The molecule has 24 heavy (non-hydrogen) atoms. The largest absolute Gasteiger partial charge is 0.352 e. The van der Waals surface area contributed by atoms with E-state index in [9.17, 15) is 9.18 Å². The summed E-state index contributed by atoms with van der Waals surface area (Å²) in [6.45, 7) is 2.32. The number of hydrogen-bond acceptors (Lipinski definition) is 4. The Labute approximate surface area is 138 Å². The molecule has 3 aromatic rings. The summed E-state index contributed by atoms with van der Waals surface area (Å²) in [5.41, 5.74) is 2.33. The van der Waals surface area contributed by atoms with Crippen LogP contribution in [0.1, 0.15) is 21.8 Å². The summed E-state index contributed by atoms with van der Waals surface area (Å²) in [6, 6.07) is 13.2. The molecule has 1 N–H and O–H groups in total. The lowest BCUT2D eigenvalue weighted by Gasteiger charge is -2.04. The van der Waals surface area contributed by atoms with Crippen LogP contribution in [-0.4, -0.2) is 22.6 Å². The molecule has 6 heteroatoms. The molecule has 0 radical (unpaired) electrons. The van der Waals surface area contributed by atoms with Gasteiger partial charge in [-0.1, -0.05) is 22.9 Å². The lowest BCUT2D eigenvalue weighted by Crippen LogP contribution is -2.25. The minimum atomic E-state index is -0.318. The van der Waals surface area contributed by atoms with Crippen molar-refractivity contribution in [1.82, 2.24) is 15.5 Å². The maximum absolute atomic E-state index is 12.9. The zero-order valence-corrected chi connectivity index (χ0v) is 13.1. The minimum absolute atomic E-state index is 0.142. The van der Waals surface area contributed by atoms with Crippen molar-refractivity contribution < 1.29 is 13.7 Å². The van der Waals surface area contributed by atoms with E-state index in [0.29, 0.717) is 35.8 Å². The van der Waals surface area contributed by atoms with Crippen LogP contribution in [-0.2, 0) is 6.42 Å². The van der Waals surface area contributed by atoms with Gasteiger partial charge in [0.15, 0.2) is 0 Å². The number of hydrogen-bond donors (Lipinski definition) is 1. The summed E-state index contributed by atoms with van der Waals surface area (Å²) in [4.78, 5) is 16.3. The molecule has 3 rings (SSSR count). The molecule has 0 aliphatic carbocycles. The number of nitrogens with one attached hydrogen (secondary N) is 1. The first kappa shape index (κ1) is 15.9. The van der Waals surface area contributed by atoms with Gasteiger partial charge in [-0.2, -0.15) is 4.98 Å². The number of halogens is 1. The predicted octanol–water partition coefficient (Wildman–Crippen LogP) is 3.16. The quantitative estimate of drug-likeness (QED) is 0.782. The lowest BCUT2D eigenvalue weighted by atomic mass is 10.1. The first-order valence-electron chi connectivity index (χ1n) is 7.55. The summed E-state index contributed by atoms with van der Waals surface area (Å²) in [5.74, 6) is 0.354. The molecule has 0 aliphatic heterocycles. The van der Waals surface area contributed by atoms with Gasteiger partial charge in [-0.05, 0) is 43.3 Å². The number of aryl methyl sites for hydroxylation is 1. The van der Waals surface area contributed by atoms with Crippen molar-refractivity contribution in [3.05, 3.63) is 71.4 Å². The molecule has 5 nitrogen and oxygen atoms in total. The third-order valence-corrected chi connectivity index (χ3v) is 3.48. The van der Waals surface area contributed by atoms with E-state index in [-0.39, 0.29) is 11.7 Å². The highest BCUT2D eigenvalue weighted by atomic mass is 19.1. The molecule has 0 aliphatic rings. The van der Waals surface area contributed by atoms with Gasteiger partial charge >= 0.3 is 0 Å². The fourth-order valence-electron chi connectivity index (χ4n) is 2.24. The first-order chi connectivity index (χ1) is 11.6. The van der Waals surface area contributed by atoms with Crippen LogP contribution in [0.2, 0.25) is 0 Å². The number of rotatable bonds is 5. The van der Waals surface area contributed by atoms with Crippen molar-refractivity contribution >= 4 is 5.91 Å². The van der Waals surface area contributed by atoms with Crippen LogP contribution in [0.5, 0.6) is 0 Å². The Kier molecular flexibility index (Phi) is 4.65. The Morgan fingerprint density at radius 1 is 1.21 bits per heavy atom. The number of nitrogens with zero attached hydrogens (tertiary/aromatic N) is 2. The molecule has 0 saturated heterocycles. The normalized spacial score (nSPS) is 10.6. The standard InChI is InChI=1S/C18H16FN3O2/c1-12-3-2-4-14(11-12)18(23)20-10-9-16-21-17(22-24-16)13-5-7-15(19)8-6-13/h2-8,11H,9-10H2,1H3,(H,20,23). The molecule has 1 heterocycles. The molecule has 0 unspecified atom stereocenters. The molecule has 122 valence electrons. The fourth-order valence-corrected chi connectivity index (χ4v) is 2.24. The van der Waals surface area contributed by atoms with Crippen molar-refractivity contribution in [3.8, 4) is 11.4 Å². The second-order valence-electron chi connectivity index (χ2n) is 5.39. The van der Waals surface area contributed by atoms with Crippen LogP contribution in [0.15, 0.2) is 53.1 Å². The maximum atomic E-state index is 12.9. The zero-order chi connectivity index (χ0) is 16.9. The minimum Gasteiger partial charge on any atom is -0.352 e. The third-order valence-electron chi connectivity index (χ3n) is 3.48. The van der Waals surface area contributed by atoms with Gasteiger partial charge in [0, 0.05) is 24.1 Å². The van der Waals surface area contributed by atoms with E-state index in [1.54, 1.807) is 18.2 Å². The third kappa shape index (κ3) is 3.84. The van der Waals surface area contributed by atoms with Crippen LogP contribution in [0.25, 0.3) is 11.4 Å². The first-order valence-corrected chi connectivity index (χ1v) is 7.55. The summed E-state index contributed by atoms with van der Waals surface area (Å²) in [6.07, 6.45) is 0.422. The molecule has 2 aromatic carbocycles. The van der Waals surface area contributed by atoms with Crippen LogP contribution in [0, 0.1) is 12.7 Å². The molecule has 0 spiro atoms. The summed E-state index contributed by atoms with van der Waals surface area (Å²) in [5, 5.41) is 6.68. The highest BCUT2D eigenvalue weighted by Gasteiger charge is 2.10. The summed E-state index contributed by atoms with van der Waals surface area (Å²) < 4.78 is 18.1. The van der Waals surface area contributed by atoms with Gasteiger partial charge in [-0.3, -0.25) is 4.79 Å². The molecular formula is C18H16FN3O2. The Morgan fingerprint density at radius 3 is 2.75 bits per heavy atom. The van der Waals surface area contributed by atoms with E-state index in [2.05, 4.69) is 15.5 Å². The smallest absolute Gasteiger partial charge is 0.251 e. The molecule has 1 aromatic heterocycles. The average Bonchev–Trinajstić information content (AvgIpc) is 3.04. The van der Waals surface area contributed by atoms with Gasteiger partial charge < -0.3 is 9.84 Å². The van der Waals surface area contributed by atoms with E-state index < -0.39 is 0 Å². The van der Waals surface area contributed by atoms with E-state index in [1.807, 2.05) is 25.1 Å². The molecule has 0 saturated carbocycles. The highest BCUT2D eigenvalue weighted by molar-refractivity contribution is 5.94. The van der Waals surface area contributed by atoms with E-state index in [4.69, 9.17) is 4.52 Å². The number of carbonyl (C=O) groups excluding carboxylic acids is 1. The van der Waals surface area contributed by atoms with Crippen LogP contribution in [0.3, 0.4) is 0 Å². The van der Waals surface area contributed by atoms with Crippen LogP contribution in [0.4, 0.5) is 4.39 Å². The Balaban J connectivity index is 1.56. The number of aromatic nitrogens is 2. The van der Waals surface area contributed by atoms with Crippen molar-refractivity contribution in [2.75, 3.05) is 6.54 Å². The molecule has 1 amide bonds. The number of amides is 1. The predicted molar refractivity (Wildman–Crippen MR) is 86.9 cm³/mol. The fraction of sp³-hybridized carbons (Fsp3) is 0.167. The molecule has 0 bridgehead atoms. The number of benzene rings is 2. The van der Waals surface area contributed by atoms with Gasteiger partial charge in [0.1, 0.15) is 5.82 Å². The maximum Gasteiger partial charge on any atom is 0.251 e. The van der Waals surface area contributed by atoms with E-state index in [0.717, 1.165) is 5.56 Å². The number of carbonyl (C=O) groups is 1. The Bertz CT molecular complexity index is 843. The second-order valence-corrected chi connectivity index (χ2v) is 5.39. The van der Waals surface area contributed by atoms with Crippen LogP contribution < -0.4 is 5.32 Å². The second kappa shape index (κ2) is 7.04. The molecule has 0 fully saturated rings. The Hall–Kier alpha value is -3.02. The Morgan fingerprint density at radius 2 is 2.00 bits per heavy atom. The van der Waals surface area contributed by atoms with Gasteiger partial charge in [0.2, 0.25) is 11.7 Å². The average molecular weight is 325 g/mol. The van der Waals surface area contributed by atoms with Crippen molar-refractivity contribution in [1.29, 1.82) is 0 Å². The lowest BCUT2D eigenvalue weighted by molar-refractivity contribution is 0.0953. The zero-order valence-electron chi connectivity index (χ0n) is 13.1. The van der Waals surface area contributed by atoms with E-state index >= 15 is 0 Å². The van der Waals surface area contributed by atoms with Crippen molar-refractivity contribution in [3.63, 3.8) is 0 Å². The highest BCUT2D eigenvalue weighted by Crippen LogP contribution is 2.16.